The summed E-state index contributed by atoms with van der Waals surface area (Å²) in [7, 11) is 6.25. The molecule has 5 nitrogen and oxygen atoms in total. The monoisotopic (exact) mass is 247 g/mol. The van der Waals surface area contributed by atoms with E-state index in [0.717, 1.165) is 15.9 Å². The zero-order valence-electron chi connectivity index (χ0n) is 10.5. The van der Waals surface area contributed by atoms with Crippen LogP contribution < -0.4 is 9.80 Å². The van der Waals surface area contributed by atoms with Crippen molar-refractivity contribution < 1.29 is 4.39 Å². The summed E-state index contributed by atoms with van der Waals surface area (Å²) in [6.45, 7) is 0. The Balaban J connectivity index is 2.16. The summed E-state index contributed by atoms with van der Waals surface area (Å²) in [5.41, 5.74) is 1.94. The number of hydrogen-bond donors (Lipinski definition) is 1. The molecule has 0 aliphatic heterocycles. The summed E-state index contributed by atoms with van der Waals surface area (Å²) in [5.74, 6) is 0.139. The molecule has 0 unspecified atom stereocenters. The van der Waals surface area contributed by atoms with Crippen LogP contribution in [0.25, 0.3) is 0 Å². The Morgan fingerprint density at radius 1 is 1.11 bits per heavy atom. The number of halogens is 1. The van der Waals surface area contributed by atoms with Crippen LogP contribution in [0.2, 0.25) is 0 Å². The molecule has 6 heteroatoms. The molecule has 0 saturated carbocycles. The second-order valence-electron chi connectivity index (χ2n) is 4.71. The van der Waals surface area contributed by atoms with Crippen molar-refractivity contribution in [3.05, 3.63) is 36.7 Å². The summed E-state index contributed by atoms with van der Waals surface area (Å²) >= 11 is 0. The molecule has 1 aromatic heterocycles. The van der Waals surface area contributed by atoms with Crippen LogP contribution in [0.3, 0.4) is 0 Å². The van der Waals surface area contributed by atoms with Gasteiger partial charge in [-0.25, -0.2) is 0 Å². The zero-order valence-corrected chi connectivity index (χ0v) is 10.5. The first-order chi connectivity index (χ1) is 8.45. The first-order valence-corrected chi connectivity index (χ1v) is 5.42. The van der Waals surface area contributed by atoms with E-state index < -0.39 is 6.08 Å². The maximum absolute atomic E-state index is 12.8. The first-order valence-electron chi connectivity index (χ1n) is 5.42. The summed E-state index contributed by atoms with van der Waals surface area (Å²) in [4.78, 5) is 10.4. The van der Waals surface area contributed by atoms with Crippen molar-refractivity contribution in [1.29, 1.82) is 0 Å². The van der Waals surface area contributed by atoms with Gasteiger partial charge < -0.3 is 5.32 Å². The van der Waals surface area contributed by atoms with Gasteiger partial charge >= 0.3 is 6.08 Å². The lowest BCUT2D eigenvalue weighted by atomic mass is 10.2. The molecule has 0 aliphatic rings. The molecule has 0 aliphatic carbocycles. The van der Waals surface area contributed by atoms with Gasteiger partial charge in [0.05, 0.1) is 21.1 Å². The molecule has 0 fully saturated rings. The van der Waals surface area contributed by atoms with E-state index in [9.17, 15) is 4.39 Å². The summed E-state index contributed by atoms with van der Waals surface area (Å²) in [5, 5.41) is 2.88. The summed E-state index contributed by atoms with van der Waals surface area (Å²) in [6.07, 6.45) is 1.33. The van der Waals surface area contributed by atoms with Gasteiger partial charge in [0.1, 0.15) is 5.69 Å². The molecule has 0 bridgehead atoms. The van der Waals surface area contributed by atoms with Crippen molar-refractivity contribution >= 4 is 17.3 Å². The fourth-order valence-corrected chi connectivity index (χ4v) is 1.43. The Morgan fingerprint density at radius 2 is 1.78 bits per heavy atom. The molecular weight excluding hydrogens is 233 g/mol. The van der Waals surface area contributed by atoms with Crippen molar-refractivity contribution in [2.75, 3.05) is 26.5 Å². The highest BCUT2D eigenvalue weighted by molar-refractivity contribution is 5.57. The Labute approximate surface area is 105 Å². The van der Waals surface area contributed by atoms with Crippen LogP contribution in [-0.4, -0.2) is 36.1 Å². The van der Waals surface area contributed by atoms with E-state index in [0.29, 0.717) is 0 Å². The van der Waals surface area contributed by atoms with Crippen LogP contribution in [0, 0.1) is 12.4 Å². The van der Waals surface area contributed by atoms with Gasteiger partial charge in [-0.15, -0.1) is 0 Å². The molecule has 2 aromatic rings. The van der Waals surface area contributed by atoms with Crippen molar-refractivity contribution in [1.82, 2.24) is 19.4 Å². The topological polar surface area (TPSA) is 50.7 Å². The minimum absolute atomic E-state index is 0.139. The van der Waals surface area contributed by atoms with Gasteiger partial charge in [-0.1, -0.05) is 0 Å². The molecule has 1 heterocycles. The molecule has 0 spiro atoms. The number of anilines is 2. The number of aromatic nitrogens is 3. The maximum atomic E-state index is 12.8. The third-order valence-corrected chi connectivity index (χ3v) is 2.39. The third kappa shape index (κ3) is 2.98. The highest BCUT2D eigenvalue weighted by Gasteiger charge is 2.11. The third-order valence-electron chi connectivity index (χ3n) is 2.39. The molecule has 18 heavy (non-hydrogen) atoms. The van der Waals surface area contributed by atoms with Crippen molar-refractivity contribution in [3.8, 4) is 0 Å². The fourth-order valence-electron chi connectivity index (χ4n) is 1.43. The van der Waals surface area contributed by atoms with Gasteiger partial charge in [0, 0.05) is 17.8 Å². The lowest BCUT2D eigenvalue weighted by molar-refractivity contribution is 0.486. The first kappa shape index (κ1) is 12.4. The largest absolute Gasteiger partial charge is 0.324 e. The number of nitrogens with zero attached hydrogens (tertiary/aromatic N) is 4. The molecule has 0 saturated heterocycles. The summed E-state index contributed by atoms with van der Waals surface area (Å²) < 4.78 is 13.5. The normalized spacial score (nSPS) is 11.3. The van der Waals surface area contributed by atoms with Gasteiger partial charge in [-0.2, -0.15) is 19.3 Å². The zero-order chi connectivity index (χ0) is 13.2. The minimum Gasteiger partial charge on any atom is -0.324 e. The van der Waals surface area contributed by atoms with Crippen molar-refractivity contribution in [2.45, 2.75) is 0 Å². The number of rotatable bonds is 3. The quantitative estimate of drug-likeness (QED) is 0.839. The van der Waals surface area contributed by atoms with Crippen LogP contribution in [0.1, 0.15) is 0 Å². The van der Waals surface area contributed by atoms with Gasteiger partial charge in [0.15, 0.2) is 0 Å². The van der Waals surface area contributed by atoms with Crippen molar-refractivity contribution in [2.24, 2.45) is 0 Å². The Hall–Kier alpha value is -2.08. The van der Waals surface area contributed by atoms with E-state index in [1.807, 2.05) is 24.3 Å². The molecular formula is C12H14FN5+. The predicted octanol–water partition coefficient (Wildman–Crippen LogP) is 1.75. The maximum Gasteiger partial charge on any atom is 0.314 e. The van der Waals surface area contributed by atoms with Gasteiger partial charge in [0.2, 0.25) is 12.3 Å². The number of benzene rings is 1. The lowest BCUT2D eigenvalue weighted by Crippen LogP contribution is -2.34. The number of hydrogen-bond acceptors (Lipinski definition) is 4. The van der Waals surface area contributed by atoms with Crippen LogP contribution in [-0.2, 0) is 0 Å². The Bertz CT molecular complexity index is 533. The molecule has 2 rings (SSSR count). The molecule has 93 valence electrons. The number of quaternary nitrogens is 1. The Kier molecular flexibility index (Phi) is 3.20. The lowest BCUT2D eigenvalue weighted by Gasteiger charge is -2.23. The van der Waals surface area contributed by atoms with E-state index in [1.165, 1.54) is 0 Å². The predicted molar refractivity (Wildman–Crippen MR) is 67.9 cm³/mol. The van der Waals surface area contributed by atoms with Gasteiger partial charge in [0.25, 0.3) is 0 Å². The average molecular weight is 247 g/mol. The Morgan fingerprint density at radius 3 is 2.33 bits per heavy atom. The van der Waals surface area contributed by atoms with Crippen molar-refractivity contribution in [3.63, 3.8) is 0 Å². The van der Waals surface area contributed by atoms with Gasteiger partial charge in [-0.05, 0) is 12.1 Å². The second-order valence-corrected chi connectivity index (χ2v) is 4.71. The average Bonchev–Trinajstić information content (AvgIpc) is 2.28. The molecule has 1 aromatic carbocycles. The molecule has 1 N–H and O–H groups in total. The SMILES string of the molecule is C[N+](C)(C)c1ccc(Nc2n[c]nc(F)n2)cc1. The van der Waals surface area contributed by atoms with Crippen LogP contribution >= 0.6 is 0 Å². The van der Waals surface area contributed by atoms with Crippen LogP contribution in [0.15, 0.2) is 24.3 Å². The minimum atomic E-state index is -0.851. The van der Waals surface area contributed by atoms with E-state index in [4.69, 9.17) is 0 Å². The number of nitrogens with one attached hydrogen (secondary N) is 1. The molecule has 1 radical (unpaired) electrons. The van der Waals surface area contributed by atoms with E-state index in [-0.39, 0.29) is 5.95 Å². The molecule has 0 amide bonds. The fraction of sp³-hybridized carbons (Fsp3) is 0.250. The van der Waals surface area contributed by atoms with Gasteiger partial charge in [-0.3, -0.25) is 4.48 Å². The second kappa shape index (κ2) is 4.66. The van der Waals surface area contributed by atoms with Crippen LogP contribution in [0.4, 0.5) is 21.7 Å². The van der Waals surface area contributed by atoms with E-state index in [2.05, 4.69) is 47.7 Å². The summed E-state index contributed by atoms with van der Waals surface area (Å²) in [6, 6.07) is 7.76. The van der Waals surface area contributed by atoms with E-state index in [1.54, 1.807) is 0 Å². The highest BCUT2D eigenvalue weighted by atomic mass is 19.1. The standard InChI is InChI=1S/C12H14FN5/c1-18(2,3)10-6-4-9(5-7-10)16-12-15-8-14-11(13)17-12/h4-7H,1-3H3,(H,14,15,16,17)/q+1. The van der Waals surface area contributed by atoms with Crippen LogP contribution in [0.5, 0.6) is 0 Å². The highest BCUT2D eigenvalue weighted by Crippen LogP contribution is 2.20. The van der Waals surface area contributed by atoms with E-state index >= 15 is 0 Å². The molecule has 0 atom stereocenters. The smallest absolute Gasteiger partial charge is 0.314 e.